The van der Waals surface area contributed by atoms with Crippen molar-refractivity contribution in [2.45, 2.75) is 26.2 Å². The molecule has 3 rings (SSSR count). The molecule has 0 unspecified atom stereocenters. The van der Waals surface area contributed by atoms with Crippen LogP contribution in [0.4, 0.5) is 5.69 Å². The van der Waals surface area contributed by atoms with Gasteiger partial charge in [-0.3, -0.25) is 4.79 Å². The van der Waals surface area contributed by atoms with Gasteiger partial charge in [0.25, 0.3) is 0 Å². The van der Waals surface area contributed by atoms with E-state index in [2.05, 4.69) is 10.3 Å². The van der Waals surface area contributed by atoms with Gasteiger partial charge in [-0.25, -0.2) is 0 Å². The van der Waals surface area contributed by atoms with E-state index in [-0.39, 0.29) is 5.91 Å². The molecule has 2 aromatic carbocycles. The molecule has 0 aliphatic carbocycles. The van der Waals surface area contributed by atoms with Crippen LogP contribution >= 0.6 is 11.6 Å². The summed E-state index contributed by atoms with van der Waals surface area (Å²) in [5, 5.41) is 4.63. The first-order valence-corrected chi connectivity index (χ1v) is 8.44. The second-order valence-electron chi connectivity index (χ2n) is 6.63. The van der Waals surface area contributed by atoms with Gasteiger partial charge in [0, 0.05) is 28.2 Å². The summed E-state index contributed by atoms with van der Waals surface area (Å²) in [6.45, 7) is 5.71. The fourth-order valence-electron chi connectivity index (χ4n) is 2.92. The number of nitrogens with one attached hydrogen (secondary N) is 2. The number of amides is 1. The first kappa shape index (κ1) is 17.4. The van der Waals surface area contributed by atoms with Crippen molar-refractivity contribution in [1.82, 2.24) is 4.98 Å². The Bertz CT molecular complexity index is 944. The maximum atomic E-state index is 13.0. The van der Waals surface area contributed by atoms with Crippen molar-refractivity contribution in [1.29, 1.82) is 0 Å². The molecule has 1 amide bonds. The SMILES string of the molecule is COc1cc(Cl)c(C)cc1NC(=O)C(C)(C)c1c[nH]c2ccccc12. The molecule has 0 saturated carbocycles. The lowest BCUT2D eigenvalue weighted by Crippen LogP contribution is -2.34. The Morgan fingerprint density at radius 2 is 1.96 bits per heavy atom. The summed E-state index contributed by atoms with van der Waals surface area (Å²) in [7, 11) is 1.56. The number of halogens is 1. The summed E-state index contributed by atoms with van der Waals surface area (Å²) in [5.41, 5.74) is 2.73. The molecule has 0 aliphatic rings. The van der Waals surface area contributed by atoms with Crippen LogP contribution in [-0.4, -0.2) is 18.0 Å². The average Bonchev–Trinajstić information content (AvgIpc) is 3.02. The van der Waals surface area contributed by atoms with Crippen molar-refractivity contribution >= 4 is 34.1 Å². The Morgan fingerprint density at radius 3 is 2.68 bits per heavy atom. The number of benzene rings is 2. The van der Waals surface area contributed by atoms with E-state index in [1.54, 1.807) is 13.2 Å². The summed E-state index contributed by atoms with van der Waals surface area (Å²) in [6, 6.07) is 11.5. The maximum Gasteiger partial charge on any atom is 0.234 e. The number of aromatic nitrogens is 1. The van der Waals surface area contributed by atoms with Gasteiger partial charge in [0.2, 0.25) is 5.91 Å². The van der Waals surface area contributed by atoms with Gasteiger partial charge in [-0.05, 0) is 44.0 Å². The molecule has 3 aromatic rings. The lowest BCUT2D eigenvalue weighted by molar-refractivity contribution is -0.120. The summed E-state index contributed by atoms with van der Waals surface area (Å²) in [6.07, 6.45) is 1.90. The molecule has 0 radical (unpaired) electrons. The lowest BCUT2D eigenvalue weighted by atomic mass is 9.83. The fraction of sp³-hybridized carbons (Fsp3) is 0.250. The van der Waals surface area contributed by atoms with E-state index < -0.39 is 5.41 Å². The Kier molecular flexibility index (Phi) is 4.48. The molecule has 0 atom stereocenters. The van der Waals surface area contributed by atoms with Crippen LogP contribution in [0.1, 0.15) is 25.0 Å². The molecule has 130 valence electrons. The molecule has 1 aromatic heterocycles. The van der Waals surface area contributed by atoms with E-state index in [0.29, 0.717) is 16.5 Å². The van der Waals surface area contributed by atoms with Crippen molar-refractivity contribution in [3.05, 3.63) is 58.7 Å². The normalized spacial score (nSPS) is 11.6. The van der Waals surface area contributed by atoms with Crippen molar-refractivity contribution in [3.63, 3.8) is 0 Å². The second kappa shape index (κ2) is 6.45. The van der Waals surface area contributed by atoms with E-state index in [1.165, 1.54) is 0 Å². The van der Waals surface area contributed by atoms with Crippen LogP contribution in [0, 0.1) is 6.92 Å². The number of carbonyl (C=O) groups is 1. The zero-order valence-electron chi connectivity index (χ0n) is 14.7. The van der Waals surface area contributed by atoms with Gasteiger partial charge in [0.15, 0.2) is 0 Å². The molecule has 25 heavy (non-hydrogen) atoms. The molecule has 0 aliphatic heterocycles. The summed E-state index contributed by atoms with van der Waals surface area (Å²) < 4.78 is 5.35. The van der Waals surface area contributed by atoms with E-state index >= 15 is 0 Å². The predicted molar refractivity (Wildman–Crippen MR) is 103 cm³/mol. The minimum Gasteiger partial charge on any atom is -0.495 e. The van der Waals surface area contributed by atoms with Gasteiger partial charge in [-0.15, -0.1) is 0 Å². The standard InChI is InChI=1S/C20H21ClN2O2/c1-12-9-17(18(25-4)10-15(12)21)23-19(24)20(2,3)14-11-22-16-8-6-5-7-13(14)16/h5-11,22H,1-4H3,(H,23,24). The topological polar surface area (TPSA) is 54.1 Å². The van der Waals surface area contributed by atoms with E-state index in [4.69, 9.17) is 16.3 Å². The molecule has 0 spiro atoms. The highest BCUT2D eigenvalue weighted by Gasteiger charge is 2.32. The number of hydrogen-bond donors (Lipinski definition) is 2. The van der Waals surface area contributed by atoms with Crippen LogP contribution < -0.4 is 10.1 Å². The monoisotopic (exact) mass is 356 g/mol. The van der Waals surface area contributed by atoms with Gasteiger partial charge in [-0.1, -0.05) is 29.8 Å². The first-order valence-electron chi connectivity index (χ1n) is 8.06. The third kappa shape index (κ3) is 3.10. The molecule has 1 heterocycles. The minimum atomic E-state index is -0.724. The Balaban J connectivity index is 1.96. The van der Waals surface area contributed by atoms with Crippen LogP contribution in [0.25, 0.3) is 10.9 Å². The van der Waals surface area contributed by atoms with E-state index in [9.17, 15) is 4.79 Å². The van der Waals surface area contributed by atoms with Crippen LogP contribution in [0.3, 0.4) is 0 Å². The molecule has 0 fully saturated rings. The van der Waals surface area contributed by atoms with Crippen LogP contribution in [0.15, 0.2) is 42.6 Å². The second-order valence-corrected chi connectivity index (χ2v) is 7.04. The predicted octanol–water partition coefficient (Wildman–Crippen LogP) is 5.05. The third-order valence-electron chi connectivity index (χ3n) is 4.56. The number of anilines is 1. The number of aryl methyl sites for hydroxylation is 1. The number of aromatic amines is 1. The van der Waals surface area contributed by atoms with Gasteiger partial charge >= 0.3 is 0 Å². The van der Waals surface area contributed by atoms with Crippen LogP contribution in [0.2, 0.25) is 5.02 Å². The quantitative estimate of drug-likeness (QED) is 0.686. The Labute approximate surface area is 152 Å². The molecule has 0 bridgehead atoms. The number of carbonyl (C=O) groups excluding carboxylic acids is 1. The zero-order chi connectivity index (χ0) is 18.2. The molecular formula is C20H21ClN2O2. The van der Waals surface area contributed by atoms with Crippen molar-refractivity contribution in [2.24, 2.45) is 0 Å². The van der Waals surface area contributed by atoms with Crippen LogP contribution in [-0.2, 0) is 10.2 Å². The molecule has 0 saturated heterocycles. The van der Waals surface area contributed by atoms with Crippen molar-refractivity contribution in [2.75, 3.05) is 12.4 Å². The highest BCUT2D eigenvalue weighted by molar-refractivity contribution is 6.31. The number of H-pyrrole nitrogens is 1. The highest BCUT2D eigenvalue weighted by atomic mass is 35.5. The lowest BCUT2D eigenvalue weighted by Gasteiger charge is -2.24. The number of rotatable bonds is 4. The number of fused-ring (bicyclic) bond motifs is 1. The Hall–Kier alpha value is -2.46. The fourth-order valence-corrected chi connectivity index (χ4v) is 3.07. The zero-order valence-corrected chi connectivity index (χ0v) is 15.5. The molecule has 4 nitrogen and oxygen atoms in total. The summed E-state index contributed by atoms with van der Waals surface area (Å²) in [5.74, 6) is 0.427. The summed E-state index contributed by atoms with van der Waals surface area (Å²) >= 11 is 6.14. The minimum absolute atomic E-state index is 0.114. The van der Waals surface area contributed by atoms with Gasteiger partial charge < -0.3 is 15.0 Å². The number of hydrogen-bond acceptors (Lipinski definition) is 2. The number of methoxy groups -OCH3 is 1. The average molecular weight is 357 g/mol. The van der Waals surface area contributed by atoms with Crippen molar-refractivity contribution < 1.29 is 9.53 Å². The third-order valence-corrected chi connectivity index (χ3v) is 4.97. The summed E-state index contributed by atoms with van der Waals surface area (Å²) in [4.78, 5) is 16.3. The van der Waals surface area contributed by atoms with Gasteiger partial charge in [0.1, 0.15) is 5.75 Å². The number of para-hydroxylation sites is 1. The molecular weight excluding hydrogens is 336 g/mol. The van der Waals surface area contributed by atoms with Gasteiger partial charge in [0.05, 0.1) is 18.2 Å². The smallest absolute Gasteiger partial charge is 0.234 e. The van der Waals surface area contributed by atoms with Crippen LogP contribution in [0.5, 0.6) is 5.75 Å². The maximum absolute atomic E-state index is 13.0. The van der Waals surface area contributed by atoms with Crippen molar-refractivity contribution in [3.8, 4) is 5.75 Å². The van der Waals surface area contributed by atoms with Gasteiger partial charge in [-0.2, -0.15) is 0 Å². The number of ether oxygens (including phenoxy) is 1. The highest BCUT2D eigenvalue weighted by Crippen LogP contribution is 2.35. The Morgan fingerprint density at radius 1 is 1.24 bits per heavy atom. The largest absolute Gasteiger partial charge is 0.495 e. The van der Waals surface area contributed by atoms with E-state index in [0.717, 1.165) is 22.0 Å². The molecule has 2 N–H and O–H groups in total. The first-order chi connectivity index (χ1) is 11.8. The molecule has 5 heteroatoms. The van der Waals surface area contributed by atoms with E-state index in [1.807, 2.05) is 57.3 Å².